The van der Waals surface area contributed by atoms with Crippen molar-refractivity contribution in [2.24, 2.45) is 0 Å². The minimum atomic E-state index is 0.822. The molecular weight excluding hydrogens is 172 g/mol. The first kappa shape index (κ1) is 10.3. The molecule has 0 amide bonds. The highest BCUT2D eigenvalue weighted by Crippen LogP contribution is 1.95. The molecule has 72 valence electrons. The van der Waals surface area contributed by atoms with Gasteiger partial charge in [-0.1, -0.05) is 24.3 Å². The Morgan fingerprint density at radius 2 is 1.57 bits per heavy atom. The second-order valence-corrected chi connectivity index (χ2v) is 2.88. The van der Waals surface area contributed by atoms with Crippen LogP contribution in [0.25, 0.3) is 0 Å². The number of hydrogen-bond acceptors (Lipinski definition) is 2. The zero-order valence-corrected chi connectivity index (χ0v) is 8.22. The summed E-state index contributed by atoms with van der Waals surface area (Å²) < 4.78 is 0. The lowest BCUT2D eigenvalue weighted by molar-refractivity contribution is 1.20. The van der Waals surface area contributed by atoms with E-state index in [0.29, 0.717) is 0 Å². The molecule has 0 unspecified atom stereocenters. The lowest BCUT2D eigenvalue weighted by Crippen LogP contribution is -1.79. The van der Waals surface area contributed by atoms with Crippen LogP contribution in [0, 0.1) is 6.92 Å². The number of rotatable bonds is 0. The highest BCUT2D eigenvalue weighted by Gasteiger charge is 1.73. The molecule has 0 aliphatic rings. The quantitative estimate of drug-likeness (QED) is 0.642. The molecule has 2 nitrogen and oxygen atoms in total. The maximum atomic E-state index is 5.36. The minimum absolute atomic E-state index is 0.822. The molecular formula is C12H14N2. The summed E-state index contributed by atoms with van der Waals surface area (Å²) >= 11 is 0. The van der Waals surface area contributed by atoms with Crippen LogP contribution < -0.4 is 5.73 Å². The van der Waals surface area contributed by atoms with Crippen molar-refractivity contribution >= 4 is 5.69 Å². The highest BCUT2D eigenvalue weighted by molar-refractivity contribution is 5.35. The van der Waals surface area contributed by atoms with Crippen molar-refractivity contribution in [2.45, 2.75) is 6.92 Å². The van der Waals surface area contributed by atoms with Crippen molar-refractivity contribution in [2.75, 3.05) is 5.73 Å². The van der Waals surface area contributed by atoms with Gasteiger partial charge >= 0.3 is 0 Å². The smallest absolute Gasteiger partial charge is 0.0372 e. The molecule has 0 fully saturated rings. The van der Waals surface area contributed by atoms with Crippen molar-refractivity contribution < 1.29 is 0 Å². The zero-order valence-electron chi connectivity index (χ0n) is 8.22. The first-order valence-electron chi connectivity index (χ1n) is 4.47. The number of nitrogens with two attached hydrogens (primary N) is 1. The van der Waals surface area contributed by atoms with E-state index in [4.69, 9.17) is 5.73 Å². The number of aryl methyl sites for hydroxylation is 1. The Morgan fingerprint density at radius 3 is 1.86 bits per heavy atom. The van der Waals surface area contributed by atoms with Crippen molar-refractivity contribution in [3.05, 3.63) is 60.4 Å². The van der Waals surface area contributed by atoms with Crippen LogP contribution >= 0.6 is 0 Å². The van der Waals surface area contributed by atoms with Gasteiger partial charge in [0.25, 0.3) is 0 Å². The molecule has 0 atom stereocenters. The monoisotopic (exact) mass is 186 g/mol. The summed E-state index contributed by atoms with van der Waals surface area (Å²) in [5, 5.41) is 0. The van der Waals surface area contributed by atoms with Gasteiger partial charge < -0.3 is 5.73 Å². The summed E-state index contributed by atoms with van der Waals surface area (Å²) in [6, 6.07) is 15.3. The van der Waals surface area contributed by atoms with Gasteiger partial charge in [-0.25, -0.2) is 0 Å². The fraction of sp³-hybridized carbons (Fsp3) is 0.0833. The maximum Gasteiger partial charge on any atom is 0.0372 e. The first-order valence-corrected chi connectivity index (χ1v) is 4.47. The standard InChI is InChI=1S/2C6H7N/c1-6-4-2-3-5-7-6;7-6-4-2-1-3-5-6/h2-5H,1H3;1-5H,7H2. The molecule has 2 aromatic rings. The Hall–Kier alpha value is -1.83. The normalized spacial score (nSPS) is 8.64. The number of hydrogen-bond donors (Lipinski definition) is 1. The second kappa shape index (κ2) is 5.75. The van der Waals surface area contributed by atoms with Crippen molar-refractivity contribution in [3.8, 4) is 0 Å². The van der Waals surface area contributed by atoms with Gasteiger partial charge in [0, 0.05) is 17.6 Å². The predicted molar refractivity (Wildman–Crippen MR) is 59.8 cm³/mol. The summed E-state index contributed by atoms with van der Waals surface area (Å²) in [4.78, 5) is 3.98. The molecule has 2 rings (SSSR count). The van der Waals surface area contributed by atoms with Crippen LogP contribution in [0.2, 0.25) is 0 Å². The van der Waals surface area contributed by atoms with E-state index in [-0.39, 0.29) is 0 Å². The molecule has 0 aliphatic heterocycles. The molecule has 2 heteroatoms. The van der Waals surface area contributed by atoms with Crippen LogP contribution in [-0.4, -0.2) is 4.98 Å². The number of pyridine rings is 1. The Kier molecular flexibility index (Phi) is 4.21. The van der Waals surface area contributed by atoms with Crippen molar-refractivity contribution in [1.82, 2.24) is 4.98 Å². The number of para-hydroxylation sites is 1. The summed E-state index contributed by atoms with van der Waals surface area (Å²) in [5.74, 6) is 0. The van der Waals surface area contributed by atoms with Crippen LogP contribution in [0.1, 0.15) is 5.69 Å². The average molecular weight is 186 g/mol. The van der Waals surface area contributed by atoms with Crippen LogP contribution in [-0.2, 0) is 0 Å². The fourth-order valence-corrected chi connectivity index (χ4v) is 0.901. The van der Waals surface area contributed by atoms with E-state index in [1.807, 2.05) is 55.5 Å². The third-order valence-electron chi connectivity index (χ3n) is 1.61. The molecule has 14 heavy (non-hydrogen) atoms. The number of aromatic nitrogens is 1. The first-order chi connectivity index (χ1) is 6.79. The molecule has 1 heterocycles. The third kappa shape index (κ3) is 4.26. The lowest BCUT2D eigenvalue weighted by atomic mass is 10.3. The van der Waals surface area contributed by atoms with Crippen LogP contribution in [0.5, 0.6) is 0 Å². The Bertz CT molecular complexity index is 306. The van der Waals surface area contributed by atoms with E-state index >= 15 is 0 Å². The zero-order chi connectivity index (χ0) is 10.2. The maximum absolute atomic E-state index is 5.36. The number of benzene rings is 1. The van der Waals surface area contributed by atoms with Gasteiger partial charge in [-0.15, -0.1) is 0 Å². The lowest BCUT2D eigenvalue weighted by Gasteiger charge is -1.83. The molecule has 0 aliphatic carbocycles. The van der Waals surface area contributed by atoms with Gasteiger partial charge in [0.05, 0.1) is 0 Å². The SMILES string of the molecule is Cc1ccccn1.Nc1ccccc1. The average Bonchev–Trinajstić information content (AvgIpc) is 2.21. The summed E-state index contributed by atoms with van der Waals surface area (Å²) in [6.07, 6.45) is 1.79. The largest absolute Gasteiger partial charge is 0.399 e. The third-order valence-corrected chi connectivity index (χ3v) is 1.61. The summed E-state index contributed by atoms with van der Waals surface area (Å²) in [6.45, 7) is 1.97. The summed E-state index contributed by atoms with van der Waals surface area (Å²) in [7, 11) is 0. The number of anilines is 1. The van der Waals surface area contributed by atoms with Gasteiger partial charge in [-0.3, -0.25) is 4.98 Å². The van der Waals surface area contributed by atoms with Gasteiger partial charge in [0.15, 0.2) is 0 Å². The fourth-order valence-electron chi connectivity index (χ4n) is 0.901. The van der Waals surface area contributed by atoms with E-state index in [1.165, 1.54) is 0 Å². The van der Waals surface area contributed by atoms with Gasteiger partial charge in [-0.05, 0) is 31.2 Å². The topological polar surface area (TPSA) is 38.9 Å². The molecule has 1 aromatic heterocycles. The summed E-state index contributed by atoms with van der Waals surface area (Å²) in [5.41, 5.74) is 7.25. The van der Waals surface area contributed by atoms with E-state index in [1.54, 1.807) is 6.20 Å². The van der Waals surface area contributed by atoms with E-state index in [0.717, 1.165) is 11.4 Å². The minimum Gasteiger partial charge on any atom is -0.399 e. The molecule has 0 saturated carbocycles. The Morgan fingerprint density at radius 1 is 0.929 bits per heavy atom. The number of nitrogen functional groups attached to an aromatic ring is 1. The van der Waals surface area contributed by atoms with Crippen LogP contribution in [0.4, 0.5) is 5.69 Å². The molecule has 2 N–H and O–H groups in total. The van der Waals surface area contributed by atoms with E-state index in [2.05, 4.69) is 4.98 Å². The molecule has 1 aromatic carbocycles. The molecule has 0 radical (unpaired) electrons. The van der Waals surface area contributed by atoms with Gasteiger partial charge in [0.1, 0.15) is 0 Å². The van der Waals surface area contributed by atoms with E-state index < -0.39 is 0 Å². The molecule has 0 spiro atoms. The van der Waals surface area contributed by atoms with Crippen molar-refractivity contribution in [1.29, 1.82) is 0 Å². The molecule has 0 bridgehead atoms. The van der Waals surface area contributed by atoms with Gasteiger partial charge in [-0.2, -0.15) is 0 Å². The van der Waals surface area contributed by atoms with Crippen LogP contribution in [0.3, 0.4) is 0 Å². The number of nitrogens with zero attached hydrogens (tertiary/aromatic N) is 1. The molecule has 0 saturated heterocycles. The highest BCUT2D eigenvalue weighted by atomic mass is 14.6. The van der Waals surface area contributed by atoms with Crippen LogP contribution in [0.15, 0.2) is 54.7 Å². The second-order valence-electron chi connectivity index (χ2n) is 2.88. The predicted octanol–water partition coefficient (Wildman–Crippen LogP) is 2.66. The Labute approximate surface area is 84.4 Å². The van der Waals surface area contributed by atoms with Gasteiger partial charge in [0.2, 0.25) is 0 Å². The van der Waals surface area contributed by atoms with E-state index in [9.17, 15) is 0 Å². The van der Waals surface area contributed by atoms with Crippen molar-refractivity contribution in [3.63, 3.8) is 0 Å². The Balaban J connectivity index is 0.000000140.